The van der Waals surface area contributed by atoms with Crippen molar-refractivity contribution < 1.29 is 14.3 Å². The van der Waals surface area contributed by atoms with Crippen molar-refractivity contribution in [3.05, 3.63) is 18.2 Å². The van der Waals surface area contributed by atoms with Gasteiger partial charge in [0, 0.05) is 43.5 Å². The topological polar surface area (TPSA) is 90.6 Å². The third-order valence-corrected chi connectivity index (χ3v) is 4.77. The van der Waals surface area contributed by atoms with Gasteiger partial charge in [-0.1, -0.05) is 0 Å². The summed E-state index contributed by atoms with van der Waals surface area (Å²) in [6.07, 6.45) is 4.03. The summed E-state index contributed by atoms with van der Waals surface area (Å²) in [4.78, 5) is 36.4. The number of carbonyl (C=O) groups is 2. The number of aromatic nitrogens is 2. The Morgan fingerprint density at radius 1 is 1.40 bits per heavy atom. The van der Waals surface area contributed by atoms with Gasteiger partial charge in [-0.2, -0.15) is 0 Å². The van der Waals surface area contributed by atoms with Gasteiger partial charge in [0.1, 0.15) is 11.6 Å². The van der Waals surface area contributed by atoms with Gasteiger partial charge in [-0.25, -0.2) is 9.78 Å². The van der Waals surface area contributed by atoms with Crippen LogP contribution in [-0.2, 0) is 16.0 Å². The minimum atomic E-state index is -0.667. The Morgan fingerprint density at radius 3 is 2.68 bits per heavy atom. The number of imidazole rings is 1. The molecule has 3 rings (SSSR count). The molecular formula is C17H27N5O3. The van der Waals surface area contributed by atoms with Crippen molar-refractivity contribution >= 4 is 12.0 Å². The number of ether oxygens (including phenoxy) is 1. The second-order valence-corrected chi connectivity index (χ2v) is 7.95. The van der Waals surface area contributed by atoms with E-state index in [2.05, 4.69) is 27.2 Å². The quantitative estimate of drug-likeness (QED) is 0.837. The number of fused-ring (bicyclic) bond motifs is 2. The second kappa shape index (κ2) is 6.67. The number of alkyl carbamates (subject to hydrolysis) is 1. The number of amides is 2. The number of hydrogen-bond donors (Lipinski definition) is 2. The van der Waals surface area contributed by atoms with Crippen molar-refractivity contribution in [2.75, 3.05) is 20.1 Å². The minimum absolute atomic E-state index is 0.0546. The fourth-order valence-corrected chi connectivity index (χ4v) is 3.60. The van der Waals surface area contributed by atoms with Gasteiger partial charge in [-0.3, -0.25) is 9.69 Å². The van der Waals surface area contributed by atoms with E-state index in [0.717, 1.165) is 25.2 Å². The smallest absolute Gasteiger partial charge is 0.408 e. The number of nitrogens with zero attached hydrogens (tertiary/aromatic N) is 3. The number of carbonyl (C=O) groups excluding carboxylic acids is 2. The number of rotatable bonds is 4. The van der Waals surface area contributed by atoms with E-state index in [4.69, 9.17) is 4.74 Å². The number of likely N-dealkylation sites (tertiary alicyclic amines) is 2. The van der Waals surface area contributed by atoms with Gasteiger partial charge in [0.25, 0.3) is 0 Å². The normalized spacial score (nSPS) is 24.4. The Bertz CT molecular complexity index is 623. The Labute approximate surface area is 147 Å². The summed E-state index contributed by atoms with van der Waals surface area (Å²) in [6, 6.07) is -0.0181. The molecule has 2 N–H and O–H groups in total. The van der Waals surface area contributed by atoms with Crippen molar-refractivity contribution in [2.45, 2.75) is 57.3 Å². The maximum absolute atomic E-state index is 13.1. The zero-order valence-electron chi connectivity index (χ0n) is 15.3. The third kappa shape index (κ3) is 4.12. The molecule has 0 spiro atoms. The van der Waals surface area contributed by atoms with Crippen LogP contribution in [0.15, 0.2) is 12.5 Å². The first-order valence-electron chi connectivity index (χ1n) is 8.70. The first kappa shape index (κ1) is 17.7. The summed E-state index contributed by atoms with van der Waals surface area (Å²) in [5.74, 6) is -0.0546. The lowest BCUT2D eigenvalue weighted by Crippen LogP contribution is -2.55. The maximum Gasteiger partial charge on any atom is 0.408 e. The van der Waals surface area contributed by atoms with Gasteiger partial charge in [-0.05, 0) is 34.2 Å². The maximum atomic E-state index is 13.1. The van der Waals surface area contributed by atoms with Gasteiger partial charge in [0.15, 0.2) is 0 Å². The van der Waals surface area contributed by atoms with E-state index in [9.17, 15) is 9.59 Å². The van der Waals surface area contributed by atoms with E-state index in [1.165, 1.54) is 0 Å². The lowest BCUT2D eigenvalue weighted by Gasteiger charge is -2.34. The van der Waals surface area contributed by atoms with Crippen LogP contribution in [0.5, 0.6) is 0 Å². The number of nitrogens with one attached hydrogen (secondary N) is 2. The molecule has 138 valence electrons. The predicted octanol–water partition coefficient (Wildman–Crippen LogP) is 0.760. The van der Waals surface area contributed by atoms with E-state index >= 15 is 0 Å². The largest absolute Gasteiger partial charge is 0.444 e. The molecule has 25 heavy (non-hydrogen) atoms. The van der Waals surface area contributed by atoms with Crippen LogP contribution >= 0.6 is 0 Å². The number of aromatic amines is 1. The van der Waals surface area contributed by atoms with E-state index in [0.29, 0.717) is 12.5 Å². The summed E-state index contributed by atoms with van der Waals surface area (Å²) in [5, 5.41) is 2.75. The minimum Gasteiger partial charge on any atom is -0.444 e. The van der Waals surface area contributed by atoms with E-state index in [1.807, 2.05) is 4.90 Å². The monoisotopic (exact) mass is 349 g/mol. The molecule has 1 unspecified atom stereocenters. The molecule has 2 fully saturated rings. The molecule has 1 aromatic heterocycles. The van der Waals surface area contributed by atoms with Crippen LogP contribution in [0, 0.1) is 0 Å². The Hall–Kier alpha value is -2.09. The van der Waals surface area contributed by atoms with Crippen molar-refractivity contribution in [1.82, 2.24) is 25.1 Å². The molecule has 0 radical (unpaired) electrons. The first-order valence-corrected chi connectivity index (χ1v) is 8.70. The lowest BCUT2D eigenvalue weighted by molar-refractivity contribution is -0.135. The first-order chi connectivity index (χ1) is 11.7. The molecule has 0 saturated carbocycles. The number of piperazine rings is 1. The highest BCUT2D eigenvalue weighted by molar-refractivity contribution is 5.86. The average Bonchev–Trinajstić information content (AvgIpc) is 3.19. The van der Waals surface area contributed by atoms with Gasteiger partial charge in [0.2, 0.25) is 5.91 Å². The van der Waals surface area contributed by atoms with Crippen LogP contribution in [0.1, 0.15) is 32.9 Å². The van der Waals surface area contributed by atoms with Crippen LogP contribution < -0.4 is 5.32 Å². The van der Waals surface area contributed by atoms with Crippen molar-refractivity contribution in [1.29, 1.82) is 0 Å². The Morgan fingerprint density at radius 2 is 2.16 bits per heavy atom. The van der Waals surface area contributed by atoms with Crippen molar-refractivity contribution in [2.24, 2.45) is 0 Å². The zero-order chi connectivity index (χ0) is 18.2. The second-order valence-electron chi connectivity index (χ2n) is 7.95. The molecule has 8 nitrogen and oxygen atoms in total. The molecule has 2 saturated heterocycles. The number of hydrogen-bond acceptors (Lipinski definition) is 5. The number of H-pyrrole nitrogens is 1. The zero-order valence-corrected chi connectivity index (χ0v) is 15.3. The van der Waals surface area contributed by atoms with Crippen molar-refractivity contribution in [3.8, 4) is 0 Å². The molecule has 2 bridgehead atoms. The van der Waals surface area contributed by atoms with Crippen LogP contribution in [0.25, 0.3) is 0 Å². The SMILES string of the molecule is CN1C[C@@H]2C[C@H]1CN2C(=O)C(Cc1cnc[nH]1)NC(=O)OC(C)(C)C. The molecular weight excluding hydrogens is 322 g/mol. The molecule has 0 aromatic carbocycles. The third-order valence-electron chi connectivity index (χ3n) is 4.77. The highest BCUT2D eigenvalue weighted by Gasteiger charge is 2.45. The van der Waals surface area contributed by atoms with Gasteiger partial charge >= 0.3 is 6.09 Å². The summed E-state index contributed by atoms with van der Waals surface area (Å²) in [7, 11) is 2.09. The highest BCUT2D eigenvalue weighted by Crippen LogP contribution is 2.30. The lowest BCUT2D eigenvalue weighted by atomic mass is 10.1. The van der Waals surface area contributed by atoms with Crippen LogP contribution in [0.3, 0.4) is 0 Å². The van der Waals surface area contributed by atoms with Crippen LogP contribution in [-0.4, -0.2) is 75.6 Å². The molecule has 0 aliphatic carbocycles. The van der Waals surface area contributed by atoms with Gasteiger partial charge in [-0.15, -0.1) is 0 Å². The van der Waals surface area contributed by atoms with Crippen LogP contribution in [0.4, 0.5) is 4.79 Å². The number of likely N-dealkylation sites (N-methyl/N-ethyl adjacent to an activating group) is 1. The summed E-state index contributed by atoms with van der Waals surface area (Å²) >= 11 is 0. The summed E-state index contributed by atoms with van der Waals surface area (Å²) < 4.78 is 5.32. The molecule has 2 aliphatic heterocycles. The standard InChI is InChI=1S/C17H27N5O3/c1-17(2,3)25-16(24)20-14(5-11-7-18-10-19-11)15(23)22-9-12-6-13(22)8-21(12)4/h7,10,12-14H,5-6,8-9H2,1-4H3,(H,18,19)(H,20,24)/t12-,13-,14?/m0/s1. The highest BCUT2D eigenvalue weighted by atomic mass is 16.6. The fraction of sp³-hybridized carbons (Fsp3) is 0.706. The Balaban J connectivity index is 1.70. The van der Waals surface area contributed by atoms with Gasteiger partial charge in [0.05, 0.1) is 6.33 Å². The van der Waals surface area contributed by atoms with E-state index in [1.54, 1.807) is 33.3 Å². The fourth-order valence-electron chi connectivity index (χ4n) is 3.60. The van der Waals surface area contributed by atoms with Crippen LogP contribution in [0.2, 0.25) is 0 Å². The molecule has 3 atom stereocenters. The predicted molar refractivity (Wildman–Crippen MR) is 92.0 cm³/mol. The average molecular weight is 349 g/mol. The van der Waals surface area contributed by atoms with E-state index in [-0.39, 0.29) is 11.9 Å². The van der Waals surface area contributed by atoms with Crippen molar-refractivity contribution in [3.63, 3.8) is 0 Å². The summed E-state index contributed by atoms with van der Waals surface area (Å²) in [5.41, 5.74) is 0.192. The molecule has 1 aromatic rings. The van der Waals surface area contributed by atoms with E-state index < -0.39 is 17.7 Å². The molecule has 3 heterocycles. The summed E-state index contributed by atoms with van der Waals surface area (Å²) in [6.45, 7) is 7.00. The van der Waals surface area contributed by atoms with Gasteiger partial charge < -0.3 is 19.9 Å². The molecule has 2 amide bonds. The Kier molecular flexibility index (Phi) is 4.73. The molecule has 8 heteroatoms. The molecule has 2 aliphatic rings.